The Kier molecular flexibility index (Phi) is 5.64. The molecule has 0 aromatic rings. The number of halogens is 2. The van der Waals surface area contributed by atoms with E-state index in [1.54, 1.807) is 0 Å². The van der Waals surface area contributed by atoms with Crippen molar-refractivity contribution >= 4 is 29.2 Å². The highest BCUT2D eigenvalue weighted by molar-refractivity contribution is 6.18. The van der Waals surface area contributed by atoms with Crippen LogP contribution in [0.5, 0.6) is 0 Å². The Balaban J connectivity index is 4.41. The lowest BCUT2D eigenvalue weighted by Gasteiger charge is -2.33. The van der Waals surface area contributed by atoms with E-state index in [0.29, 0.717) is 24.8 Å². The van der Waals surface area contributed by atoms with Gasteiger partial charge in [-0.2, -0.15) is 0 Å². The summed E-state index contributed by atoms with van der Waals surface area (Å²) in [5, 5.41) is 8.81. The zero-order valence-corrected chi connectivity index (χ0v) is 8.98. The third kappa shape index (κ3) is 3.68. The molecule has 0 aliphatic rings. The van der Waals surface area contributed by atoms with Crippen molar-refractivity contribution < 1.29 is 9.90 Å². The van der Waals surface area contributed by atoms with Gasteiger partial charge in [0, 0.05) is 24.8 Å². The number of alkyl halides is 2. The fourth-order valence-electron chi connectivity index (χ4n) is 0.916. The molecular formula is C7H14Cl2N2O2. The number of hydrogen-bond acceptors (Lipinski definition) is 3. The lowest BCUT2D eigenvalue weighted by molar-refractivity contribution is -0.150. The minimum atomic E-state index is -1.40. The van der Waals surface area contributed by atoms with Crippen LogP contribution in [0.4, 0.5) is 0 Å². The number of aliphatic carboxylic acids is 1. The van der Waals surface area contributed by atoms with Gasteiger partial charge in [-0.05, 0) is 6.92 Å². The van der Waals surface area contributed by atoms with Crippen LogP contribution in [-0.4, -0.2) is 46.5 Å². The van der Waals surface area contributed by atoms with E-state index in [0.717, 1.165) is 0 Å². The molecule has 0 fully saturated rings. The molecule has 0 bridgehead atoms. The molecule has 78 valence electrons. The first-order chi connectivity index (χ1) is 5.96. The molecule has 0 saturated carbocycles. The molecular weight excluding hydrogens is 215 g/mol. The summed E-state index contributed by atoms with van der Waals surface area (Å²) in [5.41, 5.74) is 4.19. The van der Waals surface area contributed by atoms with E-state index in [1.165, 1.54) is 11.8 Å². The second-order valence-corrected chi connectivity index (χ2v) is 3.57. The van der Waals surface area contributed by atoms with E-state index in [1.807, 2.05) is 0 Å². The van der Waals surface area contributed by atoms with Crippen molar-refractivity contribution in [3.8, 4) is 0 Å². The van der Waals surface area contributed by atoms with Crippen molar-refractivity contribution in [3.05, 3.63) is 0 Å². The summed E-state index contributed by atoms with van der Waals surface area (Å²) in [7, 11) is 0. The molecule has 0 spiro atoms. The molecule has 0 heterocycles. The highest BCUT2D eigenvalue weighted by Crippen LogP contribution is 2.08. The quantitative estimate of drug-likeness (QED) is 0.515. The smallest absolute Gasteiger partial charge is 0.338 e. The fourth-order valence-corrected chi connectivity index (χ4v) is 1.32. The highest BCUT2D eigenvalue weighted by Gasteiger charge is 2.34. The molecule has 1 unspecified atom stereocenters. The Labute approximate surface area is 87.6 Å². The first kappa shape index (κ1) is 13.0. The van der Waals surface area contributed by atoms with Gasteiger partial charge in [0.2, 0.25) is 0 Å². The Hall–Kier alpha value is -0.0300. The Morgan fingerprint density at radius 2 is 1.85 bits per heavy atom. The van der Waals surface area contributed by atoms with E-state index < -0.39 is 11.6 Å². The van der Waals surface area contributed by atoms with E-state index in [2.05, 4.69) is 0 Å². The summed E-state index contributed by atoms with van der Waals surface area (Å²) in [4.78, 5) is 12.3. The van der Waals surface area contributed by atoms with Gasteiger partial charge >= 0.3 is 5.97 Å². The van der Waals surface area contributed by atoms with Crippen LogP contribution in [0, 0.1) is 0 Å². The molecule has 0 aromatic carbocycles. The molecule has 13 heavy (non-hydrogen) atoms. The van der Waals surface area contributed by atoms with Gasteiger partial charge in [0.1, 0.15) is 0 Å². The average Bonchev–Trinajstić information content (AvgIpc) is 2.03. The minimum absolute atomic E-state index is 0.330. The van der Waals surface area contributed by atoms with Crippen molar-refractivity contribution in [2.24, 2.45) is 5.73 Å². The molecule has 6 heteroatoms. The third-order valence-electron chi connectivity index (χ3n) is 1.80. The molecule has 1 atom stereocenters. The van der Waals surface area contributed by atoms with Gasteiger partial charge in [0.05, 0.1) is 0 Å². The Bertz CT molecular complexity index is 170. The summed E-state index contributed by atoms with van der Waals surface area (Å²) in [6.45, 7) is 2.25. The largest absolute Gasteiger partial charge is 0.479 e. The molecule has 0 aliphatic heterocycles. The topological polar surface area (TPSA) is 66.6 Å². The molecule has 3 N–H and O–H groups in total. The Morgan fingerprint density at radius 3 is 2.08 bits per heavy atom. The highest BCUT2D eigenvalue weighted by atomic mass is 35.5. The van der Waals surface area contributed by atoms with Crippen LogP contribution in [0.25, 0.3) is 0 Å². The number of hydrogen-bond donors (Lipinski definition) is 2. The van der Waals surface area contributed by atoms with Gasteiger partial charge < -0.3 is 10.8 Å². The summed E-state index contributed by atoms with van der Waals surface area (Å²) < 4.78 is 0. The van der Waals surface area contributed by atoms with E-state index in [9.17, 15) is 4.79 Å². The predicted octanol–water partition coefficient (Wildman–Crippen LogP) is 0.526. The van der Waals surface area contributed by atoms with Crippen LogP contribution >= 0.6 is 23.2 Å². The van der Waals surface area contributed by atoms with Crippen LogP contribution in [0.3, 0.4) is 0 Å². The van der Waals surface area contributed by atoms with E-state index in [4.69, 9.17) is 34.0 Å². The van der Waals surface area contributed by atoms with Gasteiger partial charge in [-0.25, -0.2) is 4.79 Å². The summed E-state index contributed by atoms with van der Waals surface area (Å²) in [6, 6.07) is 0. The third-order valence-corrected chi connectivity index (χ3v) is 2.14. The van der Waals surface area contributed by atoms with Crippen molar-refractivity contribution in [2.75, 3.05) is 24.8 Å². The molecule has 0 saturated heterocycles. The van der Waals surface area contributed by atoms with E-state index >= 15 is 0 Å². The monoisotopic (exact) mass is 228 g/mol. The molecule has 0 radical (unpaired) electrons. The summed E-state index contributed by atoms with van der Waals surface area (Å²) in [6.07, 6.45) is 0. The first-order valence-electron chi connectivity index (χ1n) is 3.86. The van der Waals surface area contributed by atoms with Crippen molar-refractivity contribution in [3.63, 3.8) is 0 Å². The van der Waals surface area contributed by atoms with Crippen LogP contribution in [-0.2, 0) is 4.79 Å². The normalized spacial score (nSPS) is 15.8. The van der Waals surface area contributed by atoms with Crippen LogP contribution in [0.1, 0.15) is 6.92 Å². The number of nitrogens with zero attached hydrogens (tertiary/aromatic N) is 1. The number of carbonyl (C=O) groups is 1. The van der Waals surface area contributed by atoms with Gasteiger partial charge in [0.15, 0.2) is 5.66 Å². The lowest BCUT2D eigenvalue weighted by atomic mass is 10.2. The van der Waals surface area contributed by atoms with E-state index in [-0.39, 0.29) is 0 Å². The van der Waals surface area contributed by atoms with Crippen molar-refractivity contribution in [1.29, 1.82) is 0 Å². The maximum absolute atomic E-state index is 10.8. The molecule has 0 amide bonds. The lowest BCUT2D eigenvalue weighted by Crippen LogP contribution is -2.60. The maximum atomic E-state index is 10.8. The van der Waals surface area contributed by atoms with Gasteiger partial charge in [-0.15, -0.1) is 23.2 Å². The second-order valence-electron chi connectivity index (χ2n) is 2.82. The van der Waals surface area contributed by atoms with Gasteiger partial charge in [-0.3, -0.25) is 4.90 Å². The molecule has 4 nitrogen and oxygen atoms in total. The predicted molar refractivity (Wildman–Crippen MR) is 53.2 cm³/mol. The van der Waals surface area contributed by atoms with Gasteiger partial charge in [0.25, 0.3) is 0 Å². The van der Waals surface area contributed by atoms with Crippen molar-refractivity contribution in [2.45, 2.75) is 12.6 Å². The molecule has 0 aliphatic carbocycles. The fraction of sp³-hybridized carbons (Fsp3) is 0.857. The number of rotatable bonds is 6. The molecule has 0 aromatic heterocycles. The Morgan fingerprint density at radius 1 is 1.46 bits per heavy atom. The standard InChI is InChI=1S/C7H14Cl2N2O2/c1-7(10,6(12)13)11(4-2-8)5-3-9/h2-5,10H2,1H3,(H,12,13). The van der Waals surface area contributed by atoms with Crippen LogP contribution < -0.4 is 5.73 Å². The maximum Gasteiger partial charge on any atom is 0.338 e. The number of carboxylic acid groups (broad SMARTS) is 1. The zero-order valence-electron chi connectivity index (χ0n) is 7.46. The minimum Gasteiger partial charge on any atom is -0.479 e. The SMILES string of the molecule is CC(N)(C(=O)O)N(CCCl)CCCl. The van der Waals surface area contributed by atoms with Crippen LogP contribution in [0.2, 0.25) is 0 Å². The zero-order chi connectivity index (χ0) is 10.5. The second kappa shape index (κ2) is 5.65. The van der Waals surface area contributed by atoms with Gasteiger partial charge in [-0.1, -0.05) is 0 Å². The number of carboxylic acids is 1. The number of nitrogens with two attached hydrogens (primary N) is 1. The summed E-state index contributed by atoms with van der Waals surface area (Å²) in [5.74, 6) is -0.420. The summed E-state index contributed by atoms with van der Waals surface area (Å²) >= 11 is 11.0. The molecule has 0 rings (SSSR count). The van der Waals surface area contributed by atoms with Crippen molar-refractivity contribution in [1.82, 2.24) is 4.90 Å². The first-order valence-corrected chi connectivity index (χ1v) is 4.93. The average molecular weight is 229 g/mol. The van der Waals surface area contributed by atoms with Crippen LogP contribution in [0.15, 0.2) is 0 Å².